The van der Waals surface area contributed by atoms with E-state index in [1.165, 1.54) is 13.0 Å². The summed E-state index contributed by atoms with van der Waals surface area (Å²) in [5, 5.41) is 0. The molecule has 0 aliphatic carbocycles. The lowest BCUT2D eigenvalue weighted by molar-refractivity contribution is 0.0121. The molecule has 0 saturated carbocycles. The first-order valence-corrected chi connectivity index (χ1v) is 3.78. The van der Waals surface area contributed by atoms with Crippen LogP contribution in [0.5, 0.6) is 0 Å². The van der Waals surface area contributed by atoms with Gasteiger partial charge in [-0.1, -0.05) is 0 Å². The van der Waals surface area contributed by atoms with Gasteiger partial charge in [0.05, 0.1) is 0 Å². The molecule has 1 heterocycles. The molecule has 1 saturated heterocycles. The highest BCUT2D eigenvalue weighted by atomic mass is 15.3. The summed E-state index contributed by atoms with van der Waals surface area (Å²) >= 11 is 0. The predicted molar refractivity (Wildman–Crippen MR) is 40.5 cm³/mol. The second kappa shape index (κ2) is 1.98. The van der Waals surface area contributed by atoms with Crippen LogP contribution in [0, 0.1) is 0 Å². The number of hydrogen-bond donors (Lipinski definition) is 0. The molecule has 1 fully saturated rings. The molecule has 0 unspecified atom stereocenters. The zero-order valence-corrected chi connectivity index (χ0v) is 6.94. The molecule has 0 radical (unpaired) electrons. The zero-order valence-electron chi connectivity index (χ0n) is 6.94. The smallest absolute Gasteiger partial charge is 0.0127 e. The Hall–Kier alpha value is -0.0400. The van der Waals surface area contributed by atoms with Crippen molar-refractivity contribution in [2.75, 3.05) is 6.54 Å². The van der Waals surface area contributed by atoms with Gasteiger partial charge in [0, 0.05) is 18.1 Å². The minimum absolute atomic E-state index is 0.400. The zero-order chi connectivity index (χ0) is 7.07. The lowest BCUT2D eigenvalue weighted by Crippen LogP contribution is -2.55. The molecule has 0 spiro atoms. The largest absolute Gasteiger partial charge is 0.296 e. The second-order valence-corrected chi connectivity index (χ2v) is 4.00. The van der Waals surface area contributed by atoms with E-state index in [4.69, 9.17) is 0 Å². The van der Waals surface area contributed by atoms with Crippen molar-refractivity contribution >= 4 is 0 Å². The third kappa shape index (κ3) is 1.26. The van der Waals surface area contributed by atoms with Gasteiger partial charge in [0.25, 0.3) is 0 Å². The van der Waals surface area contributed by atoms with Crippen molar-refractivity contribution in [2.45, 2.75) is 45.7 Å². The Morgan fingerprint density at radius 3 is 1.89 bits per heavy atom. The van der Waals surface area contributed by atoms with Gasteiger partial charge in [-0.05, 0) is 34.1 Å². The van der Waals surface area contributed by atoms with Crippen molar-refractivity contribution in [1.29, 1.82) is 0 Å². The summed E-state index contributed by atoms with van der Waals surface area (Å²) in [6, 6.07) is 0.824. The van der Waals surface area contributed by atoms with Crippen molar-refractivity contribution in [3.63, 3.8) is 0 Å². The Bertz CT molecular complexity index is 102. The number of hydrogen-bond acceptors (Lipinski definition) is 1. The maximum absolute atomic E-state index is 2.53. The molecule has 54 valence electrons. The fraction of sp³-hybridized carbons (Fsp3) is 1.00. The summed E-state index contributed by atoms with van der Waals surface area (Å²) in [4.78, 5) is 2.53. The van der Waals surface area contributed by atoms with Crippen LogP contribution in [-0.4, -0.2) is 23.0 Å². The number of likely N-dealkylation sites (tertiary alicyclic amines) is 1. The average molecular weight is 127 g/mol. The maximum atomic E-state index is 2.53. The SMILES string of the molecule is C[C@H]1CCN1C(C)(C)C. The standard InChI is InChI=1S/C8H17N/c1-7-5-6-9(7)8(2,3)4/h7H,5-6H2,1-4H3/t7-/m0/s1. The van der Waals surface area contributed by atoms with E-state index in [9.17, 15) is 0 Å². The van der Waals surface area contributed by atoms with E-state index in [0.29, 0.717) is 5.54 Å². The highest BCUT2D eigenvalue weighted by molar-refractivity contribution is 4.88. The quantitative estimate of drug-likeness (QED) is 0.480. The van der Waals surface area contributed by atoms with Gasteiger partial charge in [0.1, 0.15) is 0 Å². The molecule has 1 rings (SSSR count). The van der Waals surface area contributed by atoms with Gasteiger partial charge in [-0.25, -0.2) is 0 Å². The molecule has 0 N–H and O–H groups in total. The van der Waals surface area contributed by atoms with Gasteiger partial charge in [-0.2, -0.15) is 0 Å². The molecule has 0 amide bonds. The molecule has 1 aliphatic rings. The molecule has 0 bridgehead atoms. The van der Waals surface area contributed by atoms with Gasteiger partial charge in [0.2, 0.25) is 0 Å². The van der Waals surface area contributed by atoms with Gasteiger partial charge in [-0.15, -0.1) is 0 Å². The van der Waals surface area contributed by atoms with E-state index in [2.05, 4.69) is 32.6 Å². The van der Waals surface area contributed by atoms with E-state index in [-0.39, 0.29) is 0 Å². The van der Waals surface area contributed by atoms with Crippen LogP contribution < -0.4 is 0 Å². The molecular weight excluding hydrogens is 110 g/mol. The van der Waals surface area contributed by atoms with Crippen LogP contribution in [0.4, 0.5) is 0 Å². The first-order valence-electron chi connectivity index (χ1n) is 3.78. The van der Waals surface area contributed by atoms with Gasteiger partial charge in [0.15, 0.2) is 0 Å². The third-order valence-corrected chi connectivity index (χ3v) is 2.18. The summed E-state index contributed by atoms with van der Waals surface area (Å²) in [6.45, 7) is 10.4. The Morgan fingerprint density at radius 1 is 1.33 bits per heavy atom. The minimum Gasteiger partial charge on any atom is -0.296 e. The summed E-state index contributed by atoms with van der Waals surface area (Å²) in [5.74, 6) is 0. The normalized spacial score (nSPS) is 30.0. The summed E-state index contributed by atoms with van der Waals surface area (Å²) in [7, 11) is 0. The molecule has 1 atom stereocenters. The van der Waals surface area contributed by atoms with Crippen LogP contribution in [0.1, 0.15) is 34.1 Å². The fourth-order valence-electron chi connectivity index (χ4n) is 1.51. The monoisotopic (exact) mass is 127 g/mol. The Morgan fingerprint density at radius 2 is 1.89 bits per heavy atom. The van der Waals surface area contributed by atoms with Crippen molar-refractivity contribution in [3.05, 3.63) is 0 Å². The van der Waals surface area contributed by atoms with Crippen molar-refractivity contribution in [2.24, 2.45) is 0 Å². The first kappa shape index (κ1) is 7.07. The summed E-state index contributed by atoms with van der Waals surface area (Å²) in [6.07, 6.45) is 1.39. The van der Waals surface area contributed by atoms with Gasteiger partial charge in [-0.3, -0.25) is 4.90 Å². The molecule has 1 nitrogen and oxygen atoms in total. The lowest BCUT2D eigenvalue weighted by atomic mass is 9.95. The van der Waals surface area contributed by atoms with E-state index in [0.717, 1.165) is 6.04 Å². The number of nitrogens with zero attached hydrogens (tertiary/aromatic N) is 1. The van der Waals surface area contributed by atoms with E-state index >= 15 is 0 Å². The average Bonchev–Trinajstić information content (AvgIpc) is 1.57. The number of rotatable bonds is 0. The lowest BCUT2D eigenvalue weighted by Gasteiger charge is -2.48. The third-order valence-electron chi connectivity index (χ3n) is 2.18. The molecule has 9 heavy (non-hydrogen) atoms. The molecule has 1 aliphatic heterocycles. The fourth-order valence-corrected chi connectivity index (χ4v) is 1.51. The highest BCUT2D eigenvalue weighted by Crippen LogP contribution is 2.26. The molecule has 1 heteroatoms. The van der Waals surface area contributed by atoms with E-state index < -0.39 is 0 Å². The Balaban J connectivity index is 2.44. The van der Waals surface area contributed by atoms with Crippen molar-refractivity contribution in [1.82, 2.24) is 4.90 Å². The highest BCUT2D eigenvalue weighted by Gasteiger charge is 2.32. The van der Waals surface area contributed by atoms with Crippen LogP contribution in [0.25, 0.3) is 0 Å². The Labute approximate surface area is 58.0 Å². The topological polar surface area (TPSA) is 3.24 Å². The predicted octanol–water partition coefficient (Wildman–Crippen LogP) is 1.88. The van der Waals surface area contributed by atoms with Crippen molar-refractivity contribution < 1.29 is 0 Å². The van der Waals surface area contributed by atoms with Crippen LogP contribution in [0.3, 0.4) is 0 Å². The van der Waals surface area contributed by atoms with Crippen LogP contribution in [0.15, 0.2) is 0 Å². The van der Waals surface area contributed by atoms with Crippen LogP contribution in [-0.2, 0) is 0 Å². The first-order chi connectivity index (χ1) is 4.02. The van der Waals surface area contributed by atoms with Gasteiger partial charge >= 0.3 is 0 Å². The maximum Gasteiger partial charge on any atom is 0.0127 e. The molecular formula is C8H17N. The molecule has 0 aromatic rings. The minimum atomic E-state index is 0.400. The molecule has 0 aromatic heterocycles. The second-order valence-electron chi connectivity index (χ2n) is 4.00. The van der Waals surface area contributed by atoms with E-state index in [1.807, 2.05) is 0 Å². The van der Waals surface area contributed by atoms with Crippen molar-refractivity contribution in [3.8, 4) is 0 Å². The summed E-state index contributed by atoms with van der Waals surface area (Å²) in [5.41, 5.74) is 0.400. The Kier molecular flexibility index (Phi) is 1.55. The van der Waals surface area contributed by atoms with E-state index in [1.54, 1.807) is 0 Å². The molecule has 0 aromatic carbocycles. The van der Waals surface area contributed by atoms with Gasteiger partial charge < -0.3 is 0 Å². The van der Waals surface area contributed by atoms with Crippen LogP contribution in [0.2, 0.25) is 0 Å². The van der Waals surface area contributed by atoms with Crippen LogP contribution >= 0.6 is 0 Å². The summed E-state index contributed by atoms with van der Waals surface area (Å²) < 4.78 is 0.